The van der Waals surface area contributed by atoms with E-state index in [1.807, 2.05) is 38.1 Å². The number of hydrogen-bond donors (Lipinski definition) is 2. The number of rotatable bonds is 3. The van der Waals surface area contributed by atoms with E-state index in [1.54, 1.807) is 7.11 Å². The molecule has 0 aliphatic heterocycles. The number of carbonyl (C=O) groups excluding carboxylic acids is 1. The third kappa shape index (κ3) is 2.67. The molecule has 0 radical (unpaired) electrons. The molecular formula is C18H16N4O2S2. The molecule has 0 bridgehead atoms. The molecule has 0 saturated heterocycles. The SMILES string of the molecule is COc1cccc2sc(NC(=O)c3sc4nc(C)cc(C)c4c3N)nc12. The van der Waals surface area contributed by atoms with Crippen LogP contribution in [0.3, 0.4) is 0 Å². The predicted octanol–water partition coefficient (Wildman–Crippen LogP) is 4.37. The van der Waals surface area contributed by atoms with Crippen molar-refractivity contribution in [2.24, 2.45) is 0 Å². The van der Waals surface area contributed by atoms with E-state index in [2.05, 4.69) is 15.3 Å². The van der Waals surface area contributed by atoms with Gasteiger partial charge in [-0.2, -0.15) is 0 Å². The Labute approximate surface area is 157 Å². The van der Waals surface area contributed by atoms with Crippen LogP contribution in [0.1, 0.15) is 20.9 Å². The zero-order chi connectivity index (χ0) is 18.4. The Morgan fingerprint density at radius 2 is 2.04 bits per heavy atom. The van der Waals surface area contributed by atoms with E-state index in [9.17, 15) is 4.79 Å². The third-order valence-corrected chi connectivity index (χ3v) is 6.09. The number of methoxy groups -OCH3 is 1. The van der Waals surface area contributed by atoms with Crippen molar-refractivity contribution < 1.29 is 9.53 Å². The van der Waals surface area contributed by atoms with Crippen molar-refractivity contribution in [1.82, 2.24) is 9.97 Å². The average molecular weight is 384 g/mol. The van der Waals surface area contributed by atoms with E-state index >= 15 is 0 Å². The van der Waals surface area contributed by atoms with Crippen LogP contribution in [0.15, 0.2) is 24.3 Å². The van der Waals surface area contributed by atoms with Gasteiger partial charge in [0.1, 0.15) is 21.0 Å². The van der Waals surface area contributed by atoms with Gasteiger partial charge in [-0.25, -0.2) is 9.97 Å². The average Bonchev–Trinajstić information content (AvgIpc) is 3.14. The summed E-state index contributed by atoms with van der Waals surface area (Å²) in [5, 5.41) is 4.20. The molecule has 4 aromatic rings. The number of carbonyl (C=O) groups is 1. The molecule has 0 spiro atoms. The summed E-state index contributed by atoms with van der Waals surface area (Å²) >= 11 is 2.69. The number of nitrogen functional groups attached to an aromatic ring is 1. The molecule has 0 atom stereocenters. The van der Waals surface area contributed by atoms with Crippen molar-refractivity contribution in [3.8, 4) is 5.75 Å². The number of aromatic nitrogens is 2. The van der Waals surface area contributed by atoms with Crippen LogP contribution >= 0.6 is 22.7 Å². The van der Waals surface area contributed by atoms with Crippen molar-refractivity contribution in [1.29, 1.82) is 0 Å². The number of aryl methyl sites for hydroxylation is 2. The Kier molecular flexibility index (Phi) is 4.01. The first-order chi connectivity index (χ1) is 12.5. The molecule has 0 aliphatic rings. The molecule has 8 heteroatoms. The Morgan fingerprint density at radius 1 is 1.23 bits per heavy atom. The Morgan fingerprint density at radius 3 is 2.81 bits per heavy atom. The molecule has 0 aliphatic carbocycles. The zero-order valence-corrected chi connectivity index (χ0v) is 16.0. The van der Waals surface area contributed by atoms with Gasteiger partial charge in [0.15, 0.2) is 5.13 Å². The van der Waals surface area contributed by atoms with E-state index in [1.165, 1.54) is 22.7 Å². The fraction of sp³-hybridized carbons (Fsp3) is 0.167. The van der Waals surface area contributed by atoms with Gasteiger partial charge in [-0.15, -0.1) is 11.3 Å². The van der Waals surface area contributed by atoms with E-state index in [-0.39, 0.29) is 5.91 Å². The zero-order valence-electron chi connectivity index (χ0n) is 14.4. The number of thiophene rings is 1. The number of pyridine rings is 1. The molecule has 6 nitrogen and oxygen atoms in total. The second-order valence-corrected chi connectivity index (χ2v) is 7.92. The largest absolute Gasteiger partial charge is 0.494 e. The summed E-state index contributed by atoms with van der Waals surface area (Å²) in [6.45, 7) is 3.90. The first-order valence-corrected chi connectivity index (χ1v) is 9.52. The Hall–Kier alpha value is -2.71. The molecule has 3 N–H and O–H groups in total. The molecule has 0 unspecified atom stereocenters. The van der Waals surface area contributed by atoms with Gasteiger partial charge in [-0.3, -0.25) is 10.1 Å². The second-order valence-electron chi connectivity index (χ2n) is 5.89. The summed E-state index contributed by atoms with van der Waals surface area (Å²) in [7, 11) is 1.60. The van der Waals surface area contributed by atoms with E-state index in [0.717, 1.165) is 31.7 Å². The molecule has 132 valence electrons. The quantitative estimate of drug-likeness (QED) is 0.547. The maximum absolute atomic E-state index is 12.8. The van der Waals surface area contributed by atoms with Gasteiger partial charge in [-0.05, 0) is 37.6 Å². The van der Waals surface area contributed by atoms with Gasteiger partial charge < -0.3 is 10.5 Å². The predicted molar refractivity (Wildman–Crippen MR) is 108 cm³/mol. The highest BCUT2D eigenvalue weighted by atomic mass is 32.1. The third-order valence-electron chi connectivity index (χ3n) is 4.05. The first-order valence-electron chi connectivity index (χ1n) is 7.89. The topological polar surface area (TPSA) is 90.1 Å². The van der Waals surface area contributed by atoms with Crippen LogP contribution in [0.5, 0.6) is 5.75 Å². The molecule has 4 rings (SSSR count). The van der Waals surface area contributed by atoms with Gasteiger partial charge in [0.05, 0.1) is 17.5 Å². The van der Waals surface area contributed by atoms with Gasteiger partial charge >= 0.3 is 0 Å². The number of nitrogens with two attached hydrogens (primary N) is 1. The van der Waals surface area contributed by atoms with Crippen molar-refractivity contribution in [2.45, 2.75) is 13.8 Å². The summed E-state index contributed by atoms with van der Waals surface area (Å²) in [4.78, 5) is 23.0. The lowest BCUT2D eigenvalue weighted by atomic mass is 10.1. The van der Waals surface area contributed by atoms with Crippen LogP contribution in [-0.2, 0) is 0 Å². The minimum Gasteiger partial charge on any atom is -0.494 e. The lowest BCUT2D eigenvalue weighted by Crippen LogP contribution is -2.11. The number of ether oxygens (including phenoxy) is 1. The first kappa shape index (κ1) is 16.7. The van der Waals surface area contributed by atoms with Crippen LogP contribution in [-0.4, -0.2) is 23.0 Å². The number of thiazole rings is 1. The monoisotopic (exact) mass is 384 g/mol. The maximum Gasteiger partial charge on any atom is 0.269 e. The van der Waals surface area contributed by atoms with E-state index < -0.39 is 0 Å². The summed E-state index contributed by atoms with van der Waals surface area (Å²) in [5.74, 6) is 0.400. The number of hydrogen-bond acceptors (Lipinski definition) is 7. The molecule has 3 heterocycles. The van der Waals surface area contributed by atoms with Gasteiger partial charge in [0.2, 0.25) is 0 Å². The van der Waals surface area contributed by atoms with Gasteiger partial charge in [-0.1, -0.05) is 17.4 Å². The van der Waals surface area contributed by atoms with Gasteiger partial charge in [0.25, 0.3) is 5.91 Å². The highest BCUT2D eigenvalue weighted by Crippen LogP contribution is 2.36. The van der Waals surface area contributed by atoms with E-state index in [0.29, 0.717) is 21.4 Å². The molecule has 26 heavy (non-hydrogen) atoms. The molecule has 1 aromatic carbocycles. The summed E-state index contributed by atoms with van der Waals surface area (Å²) in [6, 6.07) is 7.64. The number of nitrogens with zero attached hydrogens (tertiary/aromatic N) is 2. The highest BCUT2D eigenvalue weighted by molar-refractivity contribution is 7.23. The summed E-state index contributed by atoms with van der Waals surface area (Å²) in [6.07, 6.45) is 0. The van der Waals surface area contributed by atoms with Crippen molar-refractivity contribution in [3.63, 3.8) is 0 Å². The standard InChI is InChI=1S/C18H16N4O2S2/c1-8-7-9(2)20-17-12(8)13(19)15(26-17)16(23)22-18-21-14-10(24-3)5-4-6-11(14)25-18/h4-7H,19H2,1-3H3,(H,21,22,23). The summed E-state index contributed by atoms with van der Waals surface area (Å²) < 4.78 is 6.26. The van der Waals surface area contributed by atoms with E-state index in [4.69, 9.17) is 10.5 Å². The number of benzene rings is 1. The van der Waals surface area contributed by atoms with Crippen molar-refractivity contribution in [3.05, 3.63) is 40.4 Å². The van der Waals surface area contributed by atoms with Crippen LogP contribution in [0.2, 0.25) is 0 Å². The Bertz CT molecular complexity index is 1160. The molecule has 0 saturated carbocycles. The summed E-state index contributed by atoms with van der Waals surface area (Å²) in [5.41, 5.74) is 9.35. The molecular weight excluding hydrogens is 368 g/mol. The second kappa shape index (κ2) is 6.22. The number of amides is 1. The molecule has 0 fully saturated rings. The fourth-order valence-corrected chi connectivity index (χ4v) is 4.92. The normalized spacial score (nSPS) is 11.2. The maximum atomic E-state index is 12.8. The fourth-order valence-electron chi connectivity index (χ4n) is 2.93. The van der Waals surface area contributed by atoms with Crippen molar-refractivity contribution >= 4 is 59.8 Å². The number of nitrogens with one attached hydrogen (secondary N) is 1. The number of para-hydroxylation sites is 1. The van der Waals surface area contributed by atoms with Crippen LogP contribution in [0, 0.1) is 13.8 Å². The molecule has 3 aromatic heterocycles. The minimum atomic E-state index is -0.277. The molecule has 1 amide bonds. The lowest BCUT2D eigenvalue weighted by molar-refractivity contribution is 0.103. The highest BCUT2D eigenvalue weighted by Gasteiger charge is 2.20. The Balaban J connectivity index is 1.72. The minimum absolute atomic E-state index is 0.277. The number of anilines is 2. The van der Waals surface area contributed by atoms with Crippen LogP contribution < -0.4 is 15.8 Å². The smallest absolute Gasteiger partial charge is 0.269 e. The number of fused-ring (bicyclic) bond motifs is 2. The van der Waals surface area contributed by atoms with Crippen LogP contribution in [0.4, 0.5) is 10.8 Å². The van der Waals surface area contributed by atoms with Gasteiger partial charge in [0, 0.05) is 11.1 Å². The lowest BCUT2D eigenvalue weighted by Gasteiger charge is -2.01. The van der Waals surface area contributed by atoms with Crippen LogP contribution in [0.25, 0.3) is 20.4 Å². The van der Waals surface area contributed by atoms with Crippen molar-refractivity contribution in [2.75, 3.05) is 18.2 Å².